The van der Waals surface area contributed by atoms with Gasteiger partial charge in [-0.2, -0.15) is 18.4 Å². The van der Waals surface area contributed by atoms with E-state index in [1.165, 1.54) is 6.07 Å². The SMILES string of the molecule is N#Cc1cc(C(F)(F)F)ccc1O[C@H]1CCCNC1. The molecule has 1 aromatic carbocycles. The van der Waals surface area contributed by atoms with Crippen LogP contribution in [-0.4, -0.2) is 19.2 Å². The summed E-state index contributed by atoms with van der Waals surface area (Å²) in [5.41, 5.74) is -0.918. The number of halogens is 3. The first kappa shape index (κ1) is 13.7. The summed E-state index contributed by atoms with van der Waals surface area (Å²) in [6.07, 6.45) is -2.76. The third-order valence-corrected chi connectivity index (χ3v) is 2.97. The summed E-state index contributed by atoms with van der Waals surface area (Å²) >= 11 is 0. The number of nitrogens with zero attached hydrogens (tertiary/aromatic N) is 1. The van der Waals surface area contributed by atoms with Gasteiger partial charge in [0.1, 0.15) is 17.9 Å². The van der Waals surface area contributed by atoms with Gasteiger partial charge in [0, 0.05) is 6.54 Å². The van der Waals surface area contributed by atoms with Crippen molar-refractivity contribution in [3.63, 3.8) is 0 Å². The van der Waals surface area contributed by atoms with Gasteiger partial charge in [-0.05, 0) is 37.6 Å². The Kier molecular flexibility index (Phi) is 3.96. The molecule has 0 radical (unpaired) electrons. The molecule has 0 bridgehead atoms. The maximum Gasteiger partial charge on any atom is 0.416 e. The smallest absolute Gasteiger partial charge is 0.416 e. The van der Waals surface area contributed by atoms with Crippen LogP contribution in [0.15, 0.2) is 18.2 Å². The van der Waals surface area contributed by atoms with Crippen molar-refractivity contribution in [2.75, 3.05) is 13.1 Å². The van der Waals surface area contributed by atoms with E-state index in [1.807, 2.05) is 0 Å². The first-order valence-corrected chi connectivity index (χ1v) is 5.99. The molecule has 0 amide bonds. The minimum Gasteiger partial charge on any atom is -0.488 e. The van der Waals surface area contributed by atoms with Crippen molar-refractivity contribution in [3.05, 3.63) is 29.3 Å². The molecule has 2 rings (SSSR count). The summed E-state index contributed by atoms with van der Waals surface area (Å²) < 4.78 is 43.2. The quantitative estimate of drug-likeness (QED) is 0.898. The minimum atomic E-state index is -4.45. The Labute approximate surface area is 109 Å². The van der Waals surface area contributed by atoms with Crippen molar-refractivity contribution >= 4 is 0 Å². The van der Waals surface area contributed by atoms with Crippen LogP contribution in [0.1, 0.15) is 24.0 Å². The molecule has 3 nitrogen and oxygen atoms in total. The van der Waals surface area contributed by atoms with Gasteiger partial charge < -0.3 is 10.1 Å². The van der Waals surface area contributed by atoms with E-state index in [0.717, 1.165) is 31.5 Å². The summed E-state index contributed by atoms with van der Waals surface area (Å²) in [4.78, 5) is 0. The van der Waals surface area contributed by atoms with E-state index in [0.29, 0.717) is 6.54 Å². The van der Waals surface area contributed by atoms with Crippen LogP contribution in [0.3, 0.4) is 0 Å². The molecule has 1 N–H and O–H groups in total. The van der Waals surface area contributed by atoms with Gasteiger partial charge in [0.05, 0.1) is 11.1 Å². The second kappa shape index (κ2) is 5.49. The van der Waals surface area contributed by atoms with Gasteiger partial charge in [-0.3, -0.25) is 0 Å². The molecular formula is C13H13F3N2O. The Hall–Kier alpha value is -1.74. The second-order valence-electron chi connectivity index (χ2n) is 4.41. The predicted octanol–water partition coefficient (Wildman–Crippen LogP) is 2.71. The number of benzene rings is 1. The van der Waals surface area contributed by atoms with Gasteiger partial charge in [0.15, 0.2) is 0 Å². The maximum atomic E-state index is 12.5. The summed E-state index contributed by atoms with van der Waals surface area (Å²) in [6, 6.07) is 4.73. The molecular weight excluding hydrogens is 257 g/mol. The third kappa shape index (κ3) is 3.38. The number of hydrogen-bond donors (Lipinski definition) is 1. The Balaban J connectivity index is 2.19. The molecule has 1 saturated heterocycles. The van der Waals surface area contributed by atoms with Crippen molar-refractivity contribution in [2.24, 2.45) is 0 Å². The number of nitrogens with one attached hydrogen (secondary N) is 1. The predicted molar refractivity (Wildman–Crippen MR) is 62.7 cm³/mol. The molecule has 1 fully saturated rings. The average molecular weight is 270 g/mol. The van der Waals surface area contributed by atoms with Gasteiger partial charge in [-0.1, -0.05) is 0 Å². The highest BCUT2D eigenvalue weighted by molar-refractivity contribution is 5.46. The van der Waals surface area contributed by atoms with E-state index < -0.39 is 11.7 Å². The first-order chi connectivity index (χ1) is 9.00. The Morgan fingerprint density at radius 2 is 2.16 bits per heavy atom. The van der Waals surface area contributed by atoms with Crippen molar-refractivity contribution in [1.82, 2.24) is 5.32 Å². The van der Waals surface area contributed by atoms with Crippen LogP contribution in [-0.2, 0) is 6.18 Å². The van der Waals surface area contributed by atoms with E-state index in [9.17, 15) is 13.2 Å². The maximum absolute atomic E-state index is 12.5. The van der Waals surface area contributed by atoms with Crippen LogP contribution in [0.4, 0.5) is 13.2 Å². The zero-order chi connectivity index (χ0) is 13.9. The molecule has 0 unspecified atom stereocenters. The molecule has 0 aliphatic carbocycles. The number of nitriles is 1. The molecule has 1 aliphatic rings. The van der Waals surface area contributed by atoms with Crippen molar-refractivity contribution in [3.8, 4) is 11.8 Å². The second-order valence-corrected chi connectivity index (χ2v) is 4.41. The van der Waals surface area contributed by atoms with Gasteiger partial charge in [0.2, 0.25) is 0 Å². The summed E-state index contributed by atoms with van der Waals surface area (Å²) in [5, 5.41) is 12.1. The number of rotatable bonds is 2. The summed E-state index contributed by atoms with van der Waals surface area (Å²) in [6.45, 7) is 1.56. The molecule has 0 saturated carbocycles. The van der Waals surface area contributed by atoms with Gasteiger partial charge in [-0.15, -0.1) is 0 Å². The molecule has 1 heterocycles. The van der Waals surface area contributed by atoms with E-state index in [4.69, 9.17) is 10.00 Å². The highest BCUT2D eigenvalue weighted by Gasteiger charge is 2.31. The lowest BCUT2D eigenvalue weighted by molar-refractivity contribution is -0.137. The summed E-state index contributed by atoms with van der Waals surface area (Å²) in [7, 11) is 0. The molecule has 0 aromatic heterocycles. The van der Waals surface area contributed by atoms with E-state index in [2.05, 4.69) is 5.32 Å². The molecule has 1 atom stereocenters. The van der Waals surface area contributed by atoms with Gasteiger partial charge in [0.25, 0.3) is 0 Å². The van der Waals surface area contributed by atoms with Crippen molar-refractivity contribution in [2.45, 2.75) is 25.1 Å². The van der Waals surface area contributed by atoms with Crippen LogP contribution in [0.25, 0.3) is 0 Å². The molecule has 1 aliphatic heterocycles. The van der Waals surface area contributed by atoms with Crippen LogP contribution >= 0.6 is 0 Å². The number of piperidine rings is 1. The first-order valence-electron chi connectivity index (χ1n) is 5.99. The fourth-order valence-corrected chi connectivity index (χ4v) is 2.00. The standard InChI is InChI=1S/C13H13F3N2O/c14-13(15,16)10-3-4-12(9(6-10)7-17)19-11-2-1-5-18-8-11/h3-4,6,11,18H,1-2,5,8H2/t11-/m0/s1. The zero-order valence-corrected chi connectivity index (χ0v) is 10.1. The highest BCUT2D eigenvalue weighted by atomic mass is 19.4. The topological polar surface area (TPSA) is 45.0 Å². The van der Waals surface area contributed by atoms with E-state index in [1.54, 1.807) is 6.07 Å². The third-order valence-electron chi connectivity index (χ3n) is 2.97. The lowest BCUT2D eigenvalue weighted by Crippen LogP contribution is -2.37. The lowest BCUT2D eigenvalue weighted by Gasteiger charge is -2.24. The number of ether oxygens (including phenoxy) is 1. The normalized spacial score (nSPS) is 19.8. The molecule has 1 aromatic rings. The van der Waals surface area contributed by atoms with Gasteiger partial charge >= 0.3 is 6.18 Å². The highest BCUT2D eigenvalue weighted by Crippen LogP contribution is 2.32. The molecule has 0 spiro atoms. The lowest BCUT2D eigenvalue weighted by atomic mass is 10.1. The van der Waals surface area contributed by atoms with E-state index in [-0.39, 0.29) is 17.4 Å². The molecule has 19 heavy (non-hydrogen) atoms. The number of alkyl halides is 3. The van der Waals surface area contributed by atoms with Crippen LogP contribution in [0, 0.1) is 11.3 Å². The van der Waals surface area contributed by atoms with Crippen molar-refractivity contribution in [1.29, 1.82) is 5.26 Å². The van der Waals surface area contributed by atoms with Crippen LogP contribution in [0.2, 0.25) is 0 Å². The Bertz CT molecular complexity index is 488. The summed E-state index contributed by atoms with van der Waals surface area (Å²) in [5.74, 6) is 0.212. The zero-order valence-electron chi connectivity index (χ0n) is 10.1. The van der Waals surface area contributed by atoms with Gasteiger partial charge in [-0.25, -0.2) is 0 Å². The molecule has 102 valence electrons. The molecule has 6 heteroatoms. The van der Waals surface area contributed by atoms with Crippen molar-refractivity contribution < 1.29 is 17.9 Å². The fraction of sp³-hybridized carbons (Fsp3) is 0.462. The monoisotopic (exact) mass is 270 g/mol. The Morgan fingerprint density at radius 3 is 2.74 bits per heavy atom. The number of hydrogen-bond acceptors (Lipinski definition) is 3. The Morgan fingerprint density at radius 1 is 1.37 bits per heavy atom. The van der Waals surface area contributed by atoms with Crippen LogP contribution < -0.4 is 10.1 Å². The minimum absolute atomic E-state index is 0.0830. The largest absolute Gasteiger partial charge is 0.488 e. The average Bonchev–Trinajstić information content (AvgIpc) is 2.39. The fourth-order valence-electron chi connectivity index (χ4n) is 2.00. The van der Waals surface area contributed by atoms with Crippen LogP contribution in [0.5, 0.6) is 5.75 Å². The van der Waals surface area contributed by atoms with E-state index >= 15 is 0 Å².